The Labute approximate surface area is 462 Å². The number of hydrogen-bond acceptors (Lipinski definition) is 35. The fourth-order valence-electron chi connectivity index (χ4n) is 10.4. The van der Waals surface area contributed by atoms with Crippen molar-refractivity contribution in [3.8, 4) is 0 Å². The summed E-state index contributed by atoms with van der Waals surface area (Å²) >= 11 is 0. The molecule has 21 fully saturated rings. The van der Waals surface area contributed by atoms with Crippen LogP contribution in [-0.2, 0) is 66.3 Å². The summed E-state index contributed by atoms with van der Waals surface area (Å²) in [7, 11) is 0. The van der Waals surface area contributed by atoms with Crippen LogP contribution in [0.4, 0.5) is 0 Å². The summed E-state index contributed by atoms with van der Waals surface area (Å²) in [6.07, 6.45) is -70.2. The summed E-state index contributed by atoms with van der Waals surface area (Å²) in [6, 6.07) is 0. The Hall–Kier alpha value is -0.400. The van der Waals surface area contributed by atoms with Crippen LogP contribution in [0, 0.1) is 0 Å². The first kappa shape index (κ1) is 65.1. The zero-order valence-electron chi connectivity index (χ0n) is 40.3. The van der Waals surface area contributed by atoms with E-state index < -0.39 is 261 Å². The van der Waals surface area contributed by atoms with E-state index >= 15 is 0 Å². The molecule has 35 nitrogen and oxygen atoms in total. The third kappa shape index (κ3) is 12.8. The van der Waals surface area contributed by atoms with E-state index in [0.717, 1.165) is 0 Å². The summed E-state index contributed by atoms with van der Waals surface area (Å²) < 4.78 is 79.5. The fraction of sp³-hybridized carbons (Fsp3) is 1.00. The van der Waals surface area contributed by atoms with E-state index in [-0.39, 0.29) is 29.6 Å². The van der Waals surface area contributed by atoms with E-state index in [1.165, 1.54) is 0 Å². The molecule has 21 aliphatic rings. The van der Waals surface area contributed by atoms with Gasteiger partial charge < -0.3 is 174 Å². The fourth-order valence-corrected chi connectivity index (χ4v) is 10.4. The van der Waals surface area contributed by atoms with Crippen LogP contribution in [0.2, 0.25) is 0 Å². The molecular weight excluding hydrogens is 1090 g/mol. The molecule has 0 amide bonds. The second-order valence-corrected chi connectivity index (χ2v) is 19.7. The van der Waals surface area contributed by atoms with Crippen molar-refractivity contribution >= 4 is 29.6 Å². The van der Waals surface area contributed by atoms with Crippen LogP contribution in [0.1, 0.15) is 0 Å². The molecule has 21 aliphatic heterocycles. The molecule has 36 heteroatoms. The van der Waals surface area contributed by atoms with Crippen molar-refractivity contribution in [1.82, 2.24) is 0 Å². The molecule has 21 heterocycles. The van der Waals surface area contributed by atoms with Crippen molar-refractivity contribution in [2.24, 2.45) is 0 Å². The van der Waals surface area contributed by atoms with Gasteiger partial charge in [-0.25, -0.2) is 0 Å². The summed E-state index contributed by atoms with van der Waals surface area (Å²) in [6.45, 7) is -7.33. The van der Waals surface area contributed by atoms with Gasteiger partial charge in [0.15, 0.2) is 44.0 Å². The first-order chi connectivity index (χ1) is 36.7. The Morgan fingerprint density at radius 2 is 0.269 bits per heavy atom. The normalized spacial score (nSPS) is 54.7. The quantitative estimate of drug-likeness (QED) is 0.105. The van der Waals surface area contributed by atoms with Crippen molar-refractivity contribution in [2.45, 2.75) is 215 Å². The molecule has 450 valence electrons. The number of aliphatic hydroxyl groups excluding tert-OH is 21. The van der Waals surface area contributed by atoms with Gasteiger partial charge in [-0.3, -0.25) is 0 Å². The molecule has 0 aromatic rings. The second-order valence-electron chi connectivity index (χ2n) is 19.7. The second kappa shape index (κ2) is 27.8. The molecule has 35 atom stereocenters. The average Bonchev–Trinajstić information content (AvgIpc) is 3.51. The minimum absolute atomic E-state index is 0. The van der Waals surface area contributed by atoms with Gasteiger partial charge >= 0.3 is 29.6 Å². The Morgan fingerprint density at radius 3 is 0.359 bits per heavy atom. The Bertz CT molecular complexity index is 1470. The van der Waals surface area contributed by atoms with Gasteiger partial charge in [-0.1, -0.05) is 0 Å². The first-order valence-electron chi connectivity index (χ1n) is 24.6. The molecular formula is C42H71NaO35. The van der Waals surface area contributed by atoms with Gasteiger partial charge in [0.2, 0.25) is 0 Å². The molecule has 14 bridgehead atoms. The molecule has 21 rings (SSSR count). The topological polar surface area (TPSA) is 554 Å². The molecule has 0 aromatic carbocycles. The molecule has 0 radical (unpaired) electrons. The Kier molecular flexibility index (Phi) is 23.2. The van der Waals surface area contributed by atoms with Gasteiger partial charge in [0, 0.05) is 0 Å². The van der Waals surface area contributed by atoms with E-state index in [0.29, 0.717) is 0 Å². The van der Waals surface area contributed by atoms with Crippen LogP contribution >= 0.6 is 0 Å². The predicted octanol–water partition coefficient (Wildman–Crippen LogP) is -15.9. The number of hydrogen-bond donors (Lipinski definition) is 21. The van der Waals surface area contributed by atoms with Crippen molar-refractivity contribution < 1.29 is 174 Å². The van der Waals surface area contributed by atoms with Crippen LogP contribution < -0.4 is 0 Å². The van der Waals surface area contributed by atoms with Crippen LogP contribution in [0.5, 0.6) is 0 Å². The van der Waals surface area contributed by atoms with Gasteiger partial charge in [0.25, 0.3) is 0 Å². The van der Waals surface area contributed by atoms with E-state index in [4.69, 9.17) is 66.3 Å². The van der Waals surface area contributed by atoms with Gasteiger partial charge in [0.05, 0.1) is 46.2 Å². The molecule has 0 saturated carbocycles. The molecule has 0 spiro atoms. The minimum atomic E-state index is -2.21. The average molecular weight is 1160 g/mol. The third-order valence-corrected chi connectivity index (χ3v) is 14.8. The maximum atomic E-state index is 11.3. The monoisotopic (exact) mass is 1160 g/mol. The summed E-state index contributed by atoms with van der Waals surface area (Å²) in [5.74, 6) is 0. The zero-order chi connectivity index (χ0) is 56.1. The molecule has 78 heavy (non-hydrogen) atoms. The standard InChI is InChI=1S/C42H70O35.Na.H/c43-1-8-29-15(50)22(57)36(64-8)72-30-9(2-44)66-38(24(59)17(30)52)74-32-11(4-46)68-40(26(61)19(32)54)76-34-13(6-48)70-42(28(63)21(34)56)77-35-14(7-49)69-41(27(62)20(35)55)75-33-12(5-47)67-39(25(60)18(33)53)73-31-10(3-45)65-37(71-29)23(58)16(31)51;;/h8-63H,1-7H2;;/t8-,9-,10-,11-,12-,13-,14-,15-,16-,17-,18-,19-,20-,21-,22-,23-,24-,25-,26-,27-,28-,29-,30-,31-,32-,33-,34-,35-,36-,37-,38-,39-,40-,41-,42-;;/m1../s1. The number of aliphatic hydroxyl groups is 21. The molecule has 21 saturated heterocycles. The van der Waals surface area contributed by atoms with Gasteiger partial charge in [0.1, 0.15) is 171 Å². The molecule has 21 N–H and O–H groups in total. The Balaban J connectivity index is 0.00000882. The van der Waals surface area contributed by atoms with Gasteiger partial charge in [-0.2, -0.15) is 0 Å². The number of rotatable bonds is 7. The van der Waals surface area contributed by atoms with Gasteiger partial charge in [-0.15, -0.1) is 0 Å². The molecule has 0 aliphatic carbocycles. The summed E-state index contributed by atoms with van der Waals surface area (Å²) in [4.78, 5) is 0. The van der Waals surface area contributed by atoms with Crippen molar-refractivity contribution in [3.05, 3.63) is 0 Å². The van der Waals surface area contributed by atoms with Gasteiger partial charge in [-0.05, 0) is 0 Å². The number of ether oxygens (including phenoxy) is 14. The van der Waals surface area contributed by atoms with E-state index in [2.05, 4.69) is 0 Å². The van der Waals surface area contributed by atoms with Crippen LogP contribution in [0.15, 0.2) is 0 Å². The van der Waals surface area contributed by atoms with E-state index in [9.17, 15) is 107 Å². The molecule has 0 unspecified atom stereocenters. The van der Waals surface area contributed by atoms with E-state index in [1.54, 1.807) is 0 Å². The van der Waals surface area contributed by atoms with Crippen molar-refractivity contribution in [3.63, 3.8) is 0 Å². The van der Waals surface area contributed by atoms with Crippen molar-refractivity contribution in [1.29, 1.82) is 0 Å². The maximum absolute atomic E-state index is 11.3. The van der Waals surface area contributed by atoms with E-state index in [1.807, 2.05) is 0 Å². The first-order valence-corrected chi connectivity index (χ1v) is 24.6. The summed E-state index contributed by atoms with van der Waals surface area (Å²) in [5, 5.41) is 230. The van der Waals surface area contributed by atoms with Crippen LogP contribution in [0.3, 0.4) is 0 Å². The SMILES string of the molecule is OC[C@H]1O[C@@H]2O[C@H]3[C@H](O)[C@@H](O)[C@@H](O[C@H]4[C@H](O)[C@@H](O)[C@@H](O[C@H]5[C@H](O)[C@@H](O)[C@@H](O[C@H]6[C@H](O)[C@@H](O)[C@@H](O[C@H]7[C@H](O)[C@@H](O)[C@@H](O[C@H]8[C@H](O)[C@@H](O)[C@@H](O[C@H]1[C@H](O)[C@H]2O)O[C@@H]8CO)O[C@@H]7CO)O[C@@H]6CO)O[C@@H]5CO)O[C@@H]4CO)O[C@@H]3CO.[NaH]. The third-order valence-electron chi connectivity index (χ3n) is 14.8. The van der Waals surface area contributed by atoms with Crippen molar-refractivity contribution in [2.75, 3.05) is 46.2 Å². The summed E-state index contributed by atoms with van der Waals surface area (Å²) in [5.41, 5.74) is 0. The zero-order valence-corrected chi connectivity index (χ0v) is 40.3. The Morgan fingerprint density at radius 1 is 0.167 bits per heavy atom. The van der Waals surface area contributed by atoms with Crippen LogP contribution in [-0.4, -0.2) is 398 Å². The molecule has 0 aromatic heterocycles. The predicted molar refractivity (Wildman–Crippen MR) is 236 cm³/mol. The van der Waals surface area contributed by atoms with Crippen LogP contribution in [0.25, 0.3) is 0 Å².